The van der Waals surface area contributed by atoms with Crippen molar-refractivity contribution in [3.8, 4) is 5.75 Å². The predicted molar refractivity (Wildman–Crippen MR) is 95.2 cm³/mol. The minimum absolute atomic E-state index is 0.224. The van der Waals surface area contributed by atoms with E-state index in [-0.39, 0.29) is 6.54 Å². The molecule has 142 valence electrons. The van der Waals surface area contributed by atoms with Crippen LogP contribution in [0.25, 0.3) is 0 Å². The maximum atomic E-state index is 11.8. The van der Waals surface area contributed by atoms with Crippen LogP contribution in [0.3, 0.4) is 0 Å². The number of aliphatic carboxylic acids is 1. The highest BCUT2D eigenvalue weighted by molar-refractivity contribution is 5.75. The highest BCUT2D eigenvalue weighted by Gasteiger charge is 2.27. The smallest absolute Gasteiger partial charge is 0.325 e. The van der Waals surface area contributed by atoms with Gasteiger partial charge in [0.15, 0.2) is 0 Å². The van der Waals surface area contributed by atoms with Crippen molar-refractivity contribution in [3.63, 3.8) is 0 Å². The molecule has 1 unspecified atom stereocenters. The van der Waals surface area contributed by atoms with Crippen LogP contribution in [0.4, 0.5) is 0 Å². The third-order valence-electron chi connectivity index (χ3n) is 4.10. The molecule has 0 amide bonds. The number of carboxylic acid groups (broad SMARTS) is 1. The molecule has 0 saturated heterocycles. The molecule has 2 aromatic heterocycles. The van der Waals surface area contributed by atoms with Crippen molar-refractivity contribution in [1.82, 2.24) is 24.9 Å². The molecule has 0 radical (unpaired) electrons. The zero-order valence-corrected chi connectivity index (χ0v) is 15.4. The number of hydrogen-bond acceptors (Lipinski definition) is 7. The SMILES string of the molecule is COc1ccc(Cn2cc(C(C(=O)O)N(C)Cc3nnc(C)o3)cn2)cc1. The van der Waals surface area contributed by atoms with Gasteiger partial charge in [0.1, 0.15) is 11.8 Å². The van der Waals surface area contributed by atoms with Crippen molar-refractivity contribution >= 4 is 5.97 Å². The second-order valence-corrected chi connectivity index (χ2v) is 6.19. The standard InChI is InChI=1S/C18H21N5O4/c1-12-20-21-16(27-12)11-22(2)17(18(24)25)14-8-19-23(10-14)9-13-4-6-15(26-3)7-5-13/h4-8,10,17H,9,11H2,1-3H3,(H,24,25). The molecule has 0 fully saturated rings. The largest absolute Gasteiger partial charge is 0.497 e. The van der Waals surface area contributed by atoms with E-state index < -0.39 is 12.0 Å². The molecule has 3 rings (SSSR count). The third-order valence-corrected chi connectivity index (χ3v) is 4.10. The Hall–Kier alpha value is -3.20. The molecule has 3 aromatic rings. The van der Waals surface area contributed by atoms with E-state index in [9.17, 15) is 9.90 Å². The van der Waals surface area contributed by atoms with Gasteiger partial charge in [-0.05, 0) is 24.7 Å². The van der Waals surface area contributed by atoms with Crippen LogP contribution < -0.4 is 4.74 Å². The van der Waals surface area contributed by atoms with Crippen LogP contribution in [0.15, 0.2) is 41.1 Å². The van der Waals surface area contributed by atoms with Crippen LogP contribution in [-0.2, 0) is 17.9 Å². The highest BCUT2D eigenvalue weighted by atomic mass is 16.5. The number of benzene rings is 1. The van der Waals surface area contributed by atoms with Crippen LogP contribution >= 0.6 is 0 Å². The Morgan fingerprint density at radius 1 is 1.33 bits per heavy atom. The summed E-state index contributed by atoms with van der Waals surface area (Å²) in [5.41, 5.74) is 1.61. The lowest BCUT2D eigenvalue weighted by Gasteiger charge is -2.21. The van der Waals surface area contributed by atoms with Gasteiger partial charge in [-0.2, -0.15) is 5.10 Å². The summed E-state index contributed by atoms with van der Waals surface area (Å²) >= 11 is 0. The summed E-state index contributed by atoms with van der Waals surface area (Å²) in [5, 5.41) is 21.7. The number of aromatic nitrogens is 4. The van der Waals surface area contributed by atoms with Crippen molar-refractivity contribution in [1.29, 1.82) is 0 Å². The zero-order valence-electron chi connectivity index (χ0n) is 15.4. The van der Waals surface area contributed by atoms with Crippen LogP contribution in [0.5, 0.6) is 5.75 Å². The molecular weight excluding hydrogens is 350 g/mol. The van der Waals surface area contributed by atoms with Gasteiger partial charge in [0.05, 0.1) is 26.4 Å². The molecule has 9 nitrogen and oxygen atoms in total. The Morgan fingerprint density at radius 2 is 2.07 bits per heavy atom. The van der Waals surface area contributed by atoms with Crippen molar-refractivity contribution in [2.45, 2.75) is 26.1 Å². The van der Waals surface area contributed by atoms with Crippen LogP contribution in [0.1, 0.15) is 29.0 Å². The number of nitrogens with zero attached hydrogens (tertiary/aromatic N) is 5. The number of ether oxygens (including phenoxy) is 1. The lowest BCUT2D eigenvalue weighted by atomic mass is 10.1. The summed E-state index contributed by atoms with van der Waals surface area (Å²) in [5.74, 6) is 0.617. The van der Waals surface area contributed by atoms with Gasteiger partial charge in [-0.25, -0.2) is 0 Å². The molecular formula is C18H21N5O4. The van der Waals surface area contributed by atoms with Gasteiger partial charge < -0.3 is 14.3 Å². The maximum absolute atomic E-state index is 11.8. The summed E-state index contributed by atoms with van der Waals surface area (Å²) in [7, 11) is 3.31. The predicted octanol–water partition coefficient (Wildman–Crippen LogP) is 1.89. The van der Waals surface area contributed by atoms with E-state index in [0.717, 1.165) is 11.3 Å². The fourth-order valence-corrected chi connectivity index (χ4v) is 2.82. The zero-order chi connectivity index (χ0) is 19.4. The molecule has 0 spiro atoms. The molecule has 0 aliphatic heterocycles. The number of hydrogen-bond donors (Lipinski definition) is 1. The Kier molecular flexibility index (Phi) is 5.51. The fraction of sp³-hybridized carbons (Fsp3) is 0.333. The highest BCUT2D eigenvalue weighted by Crippen LogP contribution is 2.22. The molecule has 27 heavy (non-hydrogen) atoms. The van der Waals surface area contributed by atoms with E-state index in [1.165, 1.54) is 0 Å². The number of carboxylic acids is 1. The normalized spacial score (nSPS) is 12.3. The Bertz CT molecular complexity index is 903. The molecule has 9 heteroatoms. The summed E-state index contributed by atoms with van der Waals surface area (Å²) in [4.78, 5) is 13.4. The van der Waals surface area contributed by atoms with Gasteiger partial charge in [-0.15, -0.1) is 10.2 Å². The molecule has 0 aliphatic rings. The minimum Gasteiger partial charge on any atom is -0.497 e. The fourth-order valence-electron chi connectivity index (χ4n) is 2.82. The van der Waals surface area contributed by atoms with Crippen LogP contribution in [-0.4, -0.2) is 50.1 Å². The summed E-state index contributed by atoms with van der Waals surface area (Å²) < 4.78 is 12.2. The first-order valence-electron chi connectivity index (χ1n) is 8.33. The Morgan fingerprint density at radius 3 is 2.67 bits per heavy atom. The first-order valence-corrected chi connectivity index (χ1v) is 8.33. The van der Waals surface area contributed by atoms with E-state index in [1.54, 1.807) is 43.1 Å². The topological polar surface area (TPSA) is 107 Å². The average molecular weight is 371 g/mol. The molecule has 0 bridgehead atoms. The lowest BCUT2D eigenvalue weighted by molar-refractivity contribution is -0.143. The Balaban J connectivity index is 1.73. The van der Waals surface area contributed by atoms with Gasteiger partial charge in [0.2, 0.25) is 11.8 Å². The second kappa shape index (κ2) is 8.00. The van der Waals surface area contributed by atoms with E-state index in [0.29, 0.717) is 23.9 Å². The summed E-state index contributed by atoms with van der Waals surface area (Å²) in [6.07, 6.45) is 3.30. The minimum atomic E-state index is -0.974. The first-order chi connectivity index (χ1) is 13.0. The lowest BCUT2D eigenvalue weighted by Crippen LogP contribution is -2.30. The monoisotopic (exact) mass is 371 g/mol. The number of carbonyl (C=O) groups is 1. The van der Waals surface area contributed by atoms with E-state index in [1.807, 2.05) is 24.3 Å². The number of likely N-dealkylation sites (N-methyl/N-ethyl adjacent to an activating group) is 1. The van der Waals surface area contributed by atoms with Gasteiger partial charge in [-0.1, -0.05) is 12.1 Å². The van der Waals surface area contributed by atoms with Crippen molar-refractivity contribution in [2.24, 2.45) is 0 Å². The van der Waals surface area contributed by atoms with Crippen LogP contribution in [0, 0.1) is 6.92 Å². The summed E-state index contributed by atoms with van der Waals surface area (Å²) in [6.45, 7) is 2.44. The molecule has 2 heterocycles. The maximum Gasteiger partial charge on any atom is 0.325 e. The first kappa shape index (κ1) is 18.6. The second-order valence-electron chi connectivity index (χ2n) is 6.19. The average Bonchev–Trinajstić information content (AvgIpc) is 3.24. The van der Waals surface area contributed by atoms with E-state index in [4.69, 9.17) is 9.15 Å². The Labute approximate surface area is 156 Å². The number of rotatable bonds is 8. The molecule has 1 atom stereocenters. The quantitative estimate of drug-likeness (QED) is 0.640. The van der Waals surface area contributed by atoms with Crippen LogP contribution in [0.2, 0.25) is 0 Å². The number of methoxy groups -OCH3 is 1. The molecule has 0 saturated carbocycles. The van der Waals surface area contributed by atoms with Crippen molar-refractivity contribution < 1.29 is 19.1 Å². The van der Waals surface area contributed by atoms with Gasteiger partial charge in [0.25, 0.3) is 0 Å². The molecule has 1 N–H and O–H groups in total. The molecule has 1 aromatic carbocycles. The van der Waals surface area contributed by atoms with Crippen molar-refractivity contribution in [2.75, 3.05) is 14.2 Å². The van der Waals surface area contributed by atoms with Gasteiger partial charge >= 0.3 is 5.97 Å². The van der Waals surface area contributed by atoms with Crippen molar-refractivity contribution in [3.05, 3.63) is 59.6 Å². The number of aryl methyl sites for hydroxylation is 1. The molecule has 0 aliphatic carbocycles. The van der Waals surface area contributed by atoms with E-state index >= 15 is 0 Å². The summed E-state index contributed by atoms with van der Waals surface area (Å²) in [6, 6.07) is 6.76. The van der Waals surface area contributed by atoms with Gasteiger partial charge in [0, 0.05) is 18.7 Å². The third kappa shape index (κ3) is 4.50. The van der Waals surface area contributed by atoms with E-state index in [2.05, 4.69) is 15.3 Å². The van der Waals surface area contributed by atoms with Gasteiger partial charge in [-0.3, -0.25) is 14.4 Å².